The maximum atomic E-state index is 9.10. The molecule has 0 aromatic carbocycles. The van der Waals surface area contributed by atoms with Crippen LogP contribution < -0.4 is 169 Å². The predicted octanol–water partition coefficient (Wildman–Crippen LogP) is -14.6. The van der Waals surface area contributed by atoms with Crippen molar-refractivity contribution in [3.63, 3.8) is 0 Å². The summed E-state index contributed by atoms with van der Waals surface area (Å²) in [5.41, 5.74) is 0. The Morgan fingerprint density at radius 3 is 0.632 bits per heavy atom. The molecule has 0 aliphatic carbocycles. The molecule has 0 saturated carbocycles. The number of rotatable bonds is 0. The van der Waals surface area contributed by atoms with Gasteiger partial charge in [-0.2, -0.15) is 0 Å². The van der Waals surface area contributed by atoms with Crippen molar-refractivity contribution in [2.75, 3.05) is 0 Å². The Kier molecular flexibility index (Phi) is 51.0. The third-order valence-electron chi connectivity index (χ3n) is 0.366. The minimum absolute atomic E-state index is 0. The summed E-state index contributed by atoms with van der Waals surface area (Å²) in [4.78, 5) is 36.4. The van der Waals surface area contributed by atoms with Gasteiger partial charge in [0.2, 0.25) is 0 Å². The molecule has 0 radical (unpaired) electrons. The van der Waals surface area contributed by atoms with Gasteiger partial charge in [-0.25, -0.2) is 19.2 Å². The van der Waals surface area contributed by atoms with E-state index in [1.54, 1.807) is 0 Å². The second-order valence-electron chi connectivity index (χ2n) is 1.51. The van der Waals surface area contributed by atoms with Crippen LogP contribution >= 0.6 is 0 Å². The Balaban J connectivity index is -0.0000000315. The normalized spacial score (nSPS) is 6.05. The Morgan fingerprint density at radius 1 is 0.579 bits per heavy atom. The summed E-state index contributed by atoms with van der Waals surface area (Å²) < 4.78 is 0. The van der Waals surface area contributed by atoms with Crippen molar-refractivity contribution in [3.05, 3.63) is 0 Å². The van der Waals surface area contributed by atoms with Crippen molar-refractivity contribution in [2.24, 2.45) is 0 Å². The van der Waals surface area contributed by atoms with Crippen LogP contribution in [0, 0.1) is 0 Å². The van der Waals surface area contributed by atoms with Gasteiger partial charge in [0.05, 0.1) is 0 Å². The van der Waals surface area contributed by atoms with E-state index in [-0.39, 0.29) is 154 Å². The molecule has 0 atom stereocenters. The molecule has 15 heteroatoms. The zero-order chi connectivity index (χ0) is 13.9. The van der Waals surface area contributed by atoms with Gasteiger partial charge in [-0.05, 0) is 0 Å². The number of carbonyl (C=O) groups is 4. The van der Waals surface area contributed by atoms with Gasteiger partial charge in [0, 0.05) is 0 Å². The van der Waals surface area contributed by atoms with Gasteiger partial charge in [-0.15, -0.1) is 0 Å². The first-order valence-corrected chi connectivity index (χ1v) is 2.92. The zero-order valence-electron chi connectivity index (χ0n) is 10.2. The van der Waals surface area contributed by atoms with Gasteiger partial charge in [0.25, 0.3) is 0 Å². The quantitative estimate of drug-likeness (QED) is 0.236. The average Bonchev–Trinajstić information content (AvgIpc) is 2.03. The van der Waals surface area contributed by atoms with Crippen LogP contribution in [0.1, 0.15) is 0 Å². The zero-order valence-corrected chi connectivity index (χ0v) is 19.6. The first-order valence-electron chi connectivity index (χ1n) is 2.92. The average molecular weight is 356 g/mol. The Bertz CT molecular complexity index is 218. The van der Waals surface area contributed by atoms with Crippen LogP contribution in [0.4, 0.5) is 0 Å². The molecule has 0 aromatic heterocycles. The summed E-state index contributed by atoms with van der Waals surface area (Å²) in [6, 6.07) is 0. The van der Waals surface area contributed by atoms with Gasteiger partial charge < -0.3 is 35.5 Å². The molecule has 0 aliphatic rings. The summed E-state index contributed by atoms with van der Waals surface area (Å²) in [5, 5.41) is 54.8. The molecule has 92 valence electrons. The minimum Gasteiger partial charge on any atom is -0.907 e. The first-order chi connectivity index (χ1) is 7.02. The molecule has 0 amide bonds. The van der Waals surface area contributed by atoms with Crippen LogP contribution in [0.15, 0.2) is 0 Å². The Hall–Kier alpha value is 2.73. The molecule has 0 bridgehead atoms. The first kappa shape index (κ1) is 37.7. The number of carboxylic acid groups (broad SMARTS) is 4. The minimum atomic E-state index is -2.92. The molecule has 0 saturated heterocycles. The fourth-order valence-corrected chi connectivity index (χ4v) is 0. The second-order valence-corrected chi connectivity index (χ2v) is 1.51. The van der Waals surface area contributed by atoms with Crippen LogP contribution in [0.5, 0.6) is 0 Å². The topological polar surface area (TPSA) is 218 Å². The van der Waals surface area contributed by atoms with Crippen molar-refractivity contribution in [1.82, 2.24) is 0 Å². The second kappa shape index (κ2) is 25.7. The smallest absolute Gasteiger partial charge is 0.907 e. The summed E-state index contributed by atoms with van der Waals surface area (Å²) in [7, 11) is -2.92. The van der Waals surface area contributed by atoms with Crippen molar-refractivity contribution in [1.29, 1.82) is 0 Å². The molecule has 0 fully saturated rings. The standard InChI is InChI=1S/2C2H2O4.BO3.3K/c2*3-1(4)2(5)6;2-1(3)4;;;/h2*(H,3,4)(H,5,6);;;;/q;;-3;3*+1. The Labute approximate surface area is 234 Å². The van der Waals surface area contributed by atoms with Gasteiger partial charge >= 0.3 is 178 Å². The number of hydrogen-bond donors (Lipinski definition) is 4. The summed E-state index contributed by atoms with van der Waals surface area (Å²) in [5.74, 6) is -7.30. The summed E-state index contributed by atoms with van der Waals surface area (Å²) in [6.45, 7) is 0. The van der Waals surface area contributed by atoms with E-state index in [2.05, 4.69) is 0 Å². The number of aliphatic carboxylic acids is 4. The van der Waals surface area contributed by atoms with E-state index >= 15 is 0 Å². The van der Waals surface area contributed by atoms with Crippen LogP contribution in [0.3, 0.4) is 0 Å². The number of hydrogen-bond acceptors (Lipinski definition) is 7. The molecule has 4 N–H and O–H groups in total. The molecule has 0 aromatic rings. The molecule has 0 unspecified atom stereocenters. The Morgan fingerprint density at radius 2 is 0.632 bits per heavy atom. The summed E-state index contributed by atoms with van der Waals surface area (Å²) >= 11 is 0. The van der Waals surface area contributed by atoms with E-state index in [1.165, 1.54) is 0 Å². The predicted molar refractivity (Wildman–Crippen MR) is 36.3 cm³/mol. The monoisotopic (exact) mass is 356 g/mol. The third kappa shape index (κ3) is 63.2. The molecular weight excluding hydrogens is 352 g/mol. The van der Waals surface area contributed by atoms with Gasteiger partial charge in [-0.3, -0.25) is 7.32 Å². The van der Waals surface area contributed by atoms with Crippen LogP contribution in [-0.4, -0.2) is 51.6 Å². The van der Waals surface area contributed by atoms with Crippen LogP contribution in [0.25, 0.3) is 0 Å². The van der Waals surface area contributed by atoms with Gasteiger partial charge in [0.15, 0.2) is 0 Å². The van der Waals surface area contributed by atoms with E-state index in [1.807, 2.05) is 0 Å². The fourth-order valence-electron chi connectivity index (χ4n) is 0. The van der Waals surface area contributed by atoms with E-state index < -0.39 is 31.2 Å². The van der Waals surface area contributed by atoms with Crippen molar-refractivity contribution in [3.8, 4) is 0 Å². The molecule has 0 heterocycles. The third-order valence-corrected chi connectivity index (χ3v) is 0.366. The largest absolute Gasteiger partial charge is 1.00 e. The molecule has 11 nitrogen and oxygen atoms in total. The SMILES string of the molecule is O=C(O)C(=O)O.O=C(O)C(=O)O.[K+].[K+].[K+].[O-]B([O-])[O-]. The van der Waals surface area contributed by atoms with E-state index in [4.69, 9.17) is 54.7 Å². The van der Waals surface area contributed by atoms with E-state index in [0.717, 1.165) is 0 Å². The van der Waals surface area contributed by atoms with Crippen molar-refractivity contribution < 1.29 is 209 Å². The molecule has 19 heavy (non-hydrogen) atoms. The molecule has 0 rings (SSSR count). The van der Waals surface area contributed by atoms with Gasteiger partial charge in [-0.1, -0.05) is 0 Å². The fraction of sp³-hybridized carbons (Fsp3) is 0. The van der Waals surface area contributed by atoms with Gasteiger partial charge in [0.1, 0.15) is 0 Å². The maximum Gasteiger partial charge on any atom is 1.00 e. The van der Waals surface area contributed by atoms with E-state index in [0.29, 0.717) is 0 Å². The molecule has 0 spiro atoms. The maximum absolute atomic E-state index is 9.10. The van der Waals surface area contributed by atoms with E-state index in [9.17, 15) is 0 Å². The molecular formula is C4H4BK3O11. The van der Waals surface area contributed by atoms with Crippen LogP contribution in [-0.2, 0) is 19.2 Å². The van der Waals surface area contributed by atoms with Crippen molar-refractivity contribution >= 4 is 31.2 Å². The van der Waals surface area contributed by atoms with Crippen molar-refractivity contribution in [2.45, 2.75) is 0 Å². The molecule has 0 aliphatic heterocycles. The van der Waals surface area contributed by atoms with Crippen LogP contribution in [0.2, 0.25) is 0 Å². The number of carboxylic acids is 4. The summed E-state index contributed by atoms with van der Waals surface area (Å²) in [6.07, 6.45) is 0.